The summed E-state index contributed by atoms with van der Waals surface area (Å²) in [5.41, 5.74) is 4.57. The second kappa shape index (κ2) is 16.8. The lowest BCUT2D eigenvalue weighted by atomic mass is 10.2. The number of unbranched alkanes of at least 4 members (excludes halogenated alkanes) is 4. The highest BCUT2D eigenvalue weighted by atomic mass is 16.5. The molecular weight excluding hydrogens is 206 g/mol. The Bertz CT molecular complexity index is 132. The number of hydrogen-bond donors (Lipinski definition) is 2. The first kappa shape index (κ1) is 17.8. The highest BCUT2D eigenvalue weighted by Crippen LogP contribution is 1.97. The fraction of sp³-hybridized carbons (Fsp3) is 0.917. The average Bonchev–Trinajstić information content (AvgIpc) is 2.29. The van der Waals surface area contributed by atoms with Crippen molar-refractivity contribution in [2.24, 2.45) is 5.73 Å². The number of carboxylic acids is 1. The summed E-state index contributed by atoms with van der Waals surface area (Å²) in [4.78, 5) is 9.24. The van der Waals surface area contributed by atoms with Gasteiger partial charge in [0.15, 0.2) is 0 Å². The normalized spacial score (nSPS) is 9.44. The fourth-order valence-electron chi connectivity index (χ4n) is 1.01. The van der Waals surface area contributed by atoms with Gasteiger partial charge in [-0.1, -0.05) is 39.5 Å². The molecule has 16 heavy (non-hydrogen) atoms. The van der Waals surface area contributed by atoms with Crippen LogP contribution in [0, 0.1) is 0 Å². The standard InChI is InChI=1S/C10H22O.C2H5NO2/c1-3-5-7-9-11-10-8-6-4-2;3-1-2(4)5/h3-10H2,1-2H3;1,3H2,(H,4,5). The Labute approximate surface area is 99.2 Å². The molecule has 0 aliphatic heterocycles. The topological polar surface area (TPSA) is 72.5 Å². The van der Waals surface area contributed by atoms with E-state index < -0.39 is 5.97 Å². The molecular formula is C12H27NO3. The third-order valence-electron chi connectivity index (χ3n) is 1.96. The van der Waals surface area contributed by atoms with E-state index >= 15 is 0 Å². The molecule has 0 aliphatic carbocycles. The van der Waals surface area contributed by atoms with Gasteiger partial charge in [0, 0.05) is 13.2 Å². The van der Waals surface area contributed by atoms with Crippen LogP contribution in [0.5, 0.6) is 0 Å². The van der Waals surface area contributed by atoms with E-state index in [9.17, 15) is 4.79 Å². The highest BCUT2D eigenvalue weighted by molar-refractivity contribution is 5.68. The zero-order valence-electron chi connectivity index (χ0n) is 10.7. The largest absolute Gasteiger partial charge is 0.480 e. The lowest BCUT2D eigenvalue weighted by molar-refractivity contribution is -0.135. The first-order valence-corrected chi connectivity index (χ1v) is 6.18. The zero-order valence-corrected chi connectivity index (χ0v) is 10.7. The summed E-state index contributed by atoms with van der Waals surface area (Å²) in [6.45, 7) is 6.10. The van der Waals surface area contributed by atoms with Gasteiger partial charge in [0.05, 0.1) is 6.54 Å². The van der Waals surface area contributed by atoms with Gasteiger partial charge >= 0.3 is 5.97 Å². The van der Waals surface area contributed by atoms with Crippen LogP contribution in [-0.4, -0.2) is 30.8 Å². The predicted octanol–water partition coefficient (Wildman–Crippen LogP) is 2.41. The zero-order chi connectivity index (χ0) is 12.6. The number of ether oxygens (including phenoxy) is 1. The van der Waals surface area contributed by atoms with Gasteiger partial charge in [-0.25, -0.2) is 0 Å². The first-order chi connectivity index (χ1) is 7.68. The summed E-state index contributed by atoms with van der Waals surface area (Å²) in [6, 6.07) is 0. The molecule has 0 aliphatic rings. The lowest BCUT2D eigenvalue weighted by Crippen LogP contribution is -2.10. The molecule has 0 amide bonds. The molecule has 0 radical (unpaired) electrons. The molecule has 3 N–H and O–H groups in total. The highest BCUT2D eigenvalue weighted by Gasteiger charge is 1.88. The summed E-state index contributed by atoms with van der Waals surface area (Å²) in [7, 11) is 0. The minimum atomic E-state index is -0.968. The second-order valence-electron chi connectivity index (χ2n) is 3.62. The van der Waals surface area contributed by atoms with Crippen LogP contribution >= 0.6 is 0 Å². The van der Waals surface area contributed by atoms with Crippen LogP contribution in [-0.2, 0) is 9.53 Å². The summed E-state index contributed by atoms with van der Waals surface area (Å²) in [6.07, 6.45) is 7.68. The molecule has 0 bridgehead atoms. The maximum Gasteiger partial charge on any atom is 0.317 e. The van der Waals surface area contributed by atoms with Crippen LogP contribution in [0.25, 0.3) is 0 Å². The van der Waals surface area contributed by atoms with E-state index in [1.54, 1.807) is 0 Å². The monoisotopic (exact) mass is 233 g/mol. The van der Waals surface area contributed by atoms with E-state index in [4.69, 9.17) is 9.84 Å². The second-order valence-corrected chi connectivity index (χ2v) is 3.62. The van der Waals surface area contributed by atoms with Crippen molar-refractivity contribution in [3.05, 3.63) is 0 Å². The number of nitrogens with two attached hydrogens (primary N) is 1. The average molecular weight is 233 g/mol. The Morgan fingerprint density at radius 2 is 1.44 bits per heavy atom. The minimum absolute atomic E-state index is 0.278. The third kappa shape index (κ3) is 23.3. The minimum Gasteiger partial charge on any atom is -0.480 e. The fourth-order valence-corrected chi connectivity index (χ4v) is 1.01. The Morgan fingerprint density at radius 3 is 1.69 bits per heavy atom. The number of carbonyl (C=O) groups is 1. The van der Waals surface area contributed by atoms with Gasteiger partial charge in [0.25, 0.3) is 0 Å². The van der Waals surface area contributed by atoms with Crippen molar-refractivity contribution in [2.45, 2.75) is 52.4 Å². The molecule has 0 rings (SSSR count). The summed E-state index contributed by atoms with van der Waals surface area (Å²) < 4.78 is 5.44. The molecule has 4 heteroatoms. The molecule has 0 aromatic rings. The molecule has 0 atom stereocenters. The number of carboxylic acid groups (broad SMARTS) is 1. The molecule has 98 valence electrons. The van der Waals surface area contributed by atoms with Crippen molar-refractivity contribution >= 4 is 5.97 Å². The van der Waals surface area contributed by atoms with Crippen LogP contribution < -0.4 is 5.73 Å². The van der Waals surface area contributed by atoms with E-state index in [0.717, 1.165) is 13.2 Å². The number of aliphatic carboxylic acids is 1. The molecule has 4 nitrogen and oxygen atoms in total. The summed E-state index contributed by atoms with van der Waals surface area (Å²) in [5.74, 6) is -0.968. The number of hydrogen-bond acceptors (Lipinski definition) is 3. The van der Waals surface area contributed by atoms with Crippen LogP contribution in [0.15, 0.2) is 0 Å². The van der Waals surface area contributed by atoms with Gasteiger partial charge in [-0.15, -0.1) is 0 Å². The molecule has 0 spiro atoms. The van der Waals surface area contributed by atoms with Crippen LogP contribution in [0.1, 0.15) is 52.4 Å². The molecule has 0 aromatic heterocycles. The van der Waals surface area contributed by atoms with Gasteiger partial charge < -0.3 is 15.6 Å². The maximum absolute atomic E-state index is 9.24. The van der Waals surface area contributed by atoms with Crippen LogP contribution in [0.4, 0.5) is 0 Å². The van der Waals surface area contributed by atoms with Crippen LogP contribution in [0.2, 0.25) is 0 Å². The molecule has 0 aromatic carbocycles. The van der Waals surface area contributed by atoms with Crippen LogP contribution in [0.3, 0.4) is 0 Å². The van der Waals surface area contributed by atoms with Crippen molar-refractivity contribution in [1.29, 1.82) is 0 Å². The van der Waals surface area contributed by atoms with E-state index in [-0.39, 0.29) is 6.54 Å². The van der Waals surface area contributed by atoms with Crippen molar-refractivity contribution in [2.75, 3.05) is 19.8 Å². The molecule has 0 heterocycles. The Kier molecular flexibility index (Phi) is 18.7. The third-order valence-corrected chi connectivity index (χ3v) is 1.96. The predicted molar refractivity (Wildman–Crippen MR) is 66.6 cm³/mol. The lowest BCUT2D eigenvalue weighted by Gasteiger charge is -2.01. The van der Waals surface area contributed by atoms with Gasteiger partial charge in [-0.3, -0.25) is 4.79 Å². The SMILES string of the molecule is CCCCCOCCCCC.NCC(=O)O. The van der Waals surface area contributed by atoms with Gasteiger partial charge in [-0.05, 0) is 12.8 Å². The van der Waals surface area contributed by atoms with Crippen molar-refractivity contribution < 1.29 is 14.6 Å². The van der Waals surface area contributed by atoms with E-state index in [2.05, 4.69) is 19.6 Å². The van der Waals surface area contributed by atoms with Gasteiger partial charge in [0.2, 0.25) is 0 Å². The first-order valence-electron chi connectivity index (χ1n) is 6.18. The van der Waals surface area contributed by atoms with E-state index in [0.29, 0.717) is 0 Å². The van der Waals surface area contributed by atoms with Crippen molar-refractivity contribution in [3.8, 4) is 0 Å². The van der Waals surface area contributed by atoms with E-state index in [1.165, 1.54) is 38.5 Å². The quantitative estimate of drug-likeness (QED) is 0.600. The smallest absolute Gasteiger partial charge is 0.317 e. The molecule has 0 unspecified atom stereocenters. The Morgan fingerprint density at radius 1 is 1.06 bits per heavy atom. The molecule has 0 fully saturated rings. The van der Waals surface area contributed by atoms with Crippen molar-refractivity contribution in [3.63, 3.8) is 0 Å². The number of rotatable bonds is 9. The van der Waals surface area contributed by atoms with E-state index in [1.807, 2.05) is 0 Å². The maximum atomic E-state index is 9.24. The van der Waals surface area contributed by atoms with Crippen molar-refractivity contribution in [1.82, 2.24) is 0 Å². The van der Waals surface area contributed by atoms with Gasteiger partial charge in [0.1, 0.15) is 0 Å². The Balaban J connectivity index is 0. The molecule has 0 saturated carbocycles. The van der Waals surface area contributed by atoms with Gasteiger partial charge in [-0.2, -0.15) is 0 Å². The molecule has 0 saturated heterocycles. The summed E-state index contributed by atoms with van der Waals surface area (Å²) >= 11 is 0. The Hall–Kier alpha value is -0.610. The summed E-state index contributed by atoms with van der Waals surface area (Å²) in [5, 5.41) is 7.60.